The highest BCUT2D eigenvalue weighted by Crippen LogP contribution is 2.16. The molecule has 0 radical (unpaired) electrons. The number of halogens is 1. The summed E-state index contributed by atoms with van der Waals surface area (Å²) in [4.78, 5) is 6.15. The van der Waals surface area contributed by atoms with Crippen LogP contribution in [-0.4, -0.2) is 24.5 Å². The van der Waals surface area contributed by atoms with Crippen molar-refractivity contribution in [2.24, 2.45) is 10.7 Å². The van der Waals surface area contributed by atoms with Crippen LogP contribution < -0.4 is 5.73 Å². The van der Waals surface area contributed by atoms with Gasteiger partial charge in [0.15, 0.2) is 5.96 Å². The lowest BCUT2D eigenvalue weighted by atomic mass is 10.2. The second-order valence-corrected chi connectivity index (χ2v) is 4.09. The van der Waals surface area contributed by atoms with E-state index in [1.807, 2.05) is 36.2 Å². The van der Waals surface area contributed by atoms with Crippen molar-refractivity contribution in [3.63, 3.8) is 0 Å². The highest BCUT2D eigenvalue weighted by molar-refractivity contribution is 6.31. The van der Waals surface area contributed by atoms with Gasteiger partial charge in [-0.25, -0.2) is 0 Å². The van der Waals surface area contributed by atoms with Crippen molar-refractivity contribution >= 4 is 17.6 Å². The molecule has 0 spiro atoms. The predicted octanol–water partition coefficient (Wildman–Crippen LogP) is 2.50. The fourth-order valence-electron chi connectivity index (χ4n) is 1.31. The molecule has 0 aliphatic rings. The molecular weight excluding hydrogens is 222 g/mol. The molecule has 88 valence electrons. The number of hydrogen-bond acceptors (Lipinski definition) is 1. The highest BCUT2D eigenvalue weighted by atomic mass is 35.5. The summed E-state index contributed by atoms with van der Waals surface area (Å²) >= 11 is 6.07. The Morgan fingerprint density at radius 2 is 2.12 bits per heavy atom. The number of hydrogen-bond donors (Lipinski definition) is 1. The van der Waals surface area contributed by atoms with Crippen molar-refractivity contribution < 1.29 is 0 Å². The molecule has 0 saturated carbocycles. The Hall–Kier alpha value is -1.22. The first kappa shape index (κ1) is 12.8. The molecule has 0 aliphatic heterocycles. The maximum atomic E-state index is 6.07. The third-order valence-corrected chi connectivity index (χ3v) is 2.62. The first-order valence-corrected chi connectivity index (χ1v) is 5.77. The number of rotatable bonds is 4. The zero-order valence-corrected chi connectivity index (χ0v) is 10.5. The van der Waals surface area contributed by atoms with Crippen molar-refractivity contribution in [3.8, 4) is 0 Å². The molecule has 0 aliphatic carbocycles. The van der Waals surface area contributed by atoms with Gasteiger partial charge in [-0.05, 0) is 18.1 Å². The standard InChI is InChI=1S/C12H18ClN3/c1-3-8-15-12(14)16(2)9-10-6-4-5-7-11(10)13/h4-7H,3,8-9H2,1-2H3,(H2,14,15). The van der Waals surface area contributed by atoms with E-state index in [1.165, 1.54) is 0 Å². The number of guanidine groups is 1. The number of nitrogens with zero attached hydrogens (tertiary/aromatic N) is 2. The van der Waals surface area contributed by atoms with Gasteiger partial charge in [0.1, 0.15) is 0 Å². The second-order valence-electron chi connectivity index (χ2n) is 3.69. The molecule has 0 amide bonds. The highest BCUT2D eigenvalue weighted by Gasteiger charge is 2.05. The largest absolute Gasteiger partial charge is 0.370 e. The van der Waals surface area contributed by atoms with Crippen LogP contribution >= 0.6 is 11.6 Å². The Morgan fingerprint density at radius 1 is 1.44 bits per heavy atom. The molecular formula is C12H18ClN3. The summed E-state index contributed by atoms with van der Waals surface area (Å²) in [6, 6.07) is 7.75. The van der Waals surface area contributed by atoms with E-state index in [2.05, 4.69) is 11.9 Å². The molecule has 0 unspecified atom stereocenters. The lowest BCUT2D eigenvalue weighted by Crippen LogP contribution is -2.33. The maximum absolute atomic E-state index is 6.07. The first-order valence-electron chi connectivity index (χ1n) is 5.39. The summed E-state index contributed by atoms with van der Waals surface area (Å²) in [5.74, 6) is 0.557. The minimum Gasteiger partial charge on any atom is -0.370 e. The summed E-state index contributed by atoms with van der Waals surface area (Å²) in [5, 5.41) is 0.762. The molecule has 0 saturated heterocycles. The molecule has 1 aromatic carbocycles. The molecule has 3 nitrogen and oxygen atoms in total. The zero-order chi connectivity index (χ0) is 12.0. The molecule has 0 atom stereocenters. The molecule has 0 bridgehead atoms. The molecule has 0 heterocycles. The van der Waals surface area contributed by atoms with Crippen LogP contribution in [0.15, 0.2) is 29.3 Å². The van der Waals surface area contributed by atoms with Crippen LogP contribution in [0, 0.1) is 0 Å². The minimum atomic E-state index is 0.557. The van der Waals surface area contributed by atoms with Crippen LogP contribution in [0.2, 0.25) is 5.02 Å². The van der Waals surface area contributed by atoms with Gasteiger partial charge in [0, 0.05) is 25.2 Å². The van der Waals surface area contributed by atoms with Gasteiger partial charge in [0.05, 0.1) is 0 Å². The summed E-state index contributed by atoms with van der Waals surface area (Å²) in [7, 11) is 1.91. The van der Waals surface area contributed by atoms with E-state index in [0.29, 0.717) is 12.5 Å². The maximum Gasteiger partial charge on any atom is 0.191 e. The van der Waals surface area contributed by atoms with Gasteiger partial charge in [-0.1, -0.05) is 36.7 Å². The van der Waals surface area contributed by atoms with E-state index in [4.69, 9.17) is 17.3 Å². The first-order chi connectivity index (χ1) is 7.65. The van der Waals surface area contributed by atoms with Gasteiger partial charge < -0.3 is 10.6 Å². The van der Waals surface area contributed by atoms with Crippen LogP contribution in [-0.2, 0) is 6.54 Å². The van der Waals surface area contributed by atoms with E-state index in [-0.39, 0.29) is 0 Å². The van der Waals surface area contributed by atoms with E-state index < -0.39 is 0 Å². The van der Waals surface area contributed by atoms with Gasteiger partial charge >= 0.3 is 0 Å². The molecule has 2 N–H and O–H groups in total. The fourth-order valence-corrected chi connectivity index (χ4v) is 1.51. The van der Waals surface area contributed by atoms with Crippen LogP contribution in [0.4, 0.5) is 0 Å². The minimum absolute atomic E-state index is 0.557. The van der Waals surface area contributed by atoms with Crippen molar-refractivity contribution in [2.75, 3.05) is 13.6 Å². The third-order valence-electron chi connectivity index (χ3n) is 2.25. The lowest BCUT2D eigenvalue weighted by molar-refractivity contribution is 0.492. The Bertz CT molecular complexity index is 363. The molecule has 4 heteroatoms. The van der Waals surface area contributed by atoms with Gasteiger partial charge in [0.25, 0.3) is 0 Å². The average molecular weight is 240 g/mol. The Balaban J connectivity index is 2.64. The van der Waals surface area contributed by atoms with E-state index in [0.717, 1.165) is 23.6 Å². The van der Waals surface area contributed by atoms with Gasteiger partial charge in [-0.15, -0.1) is 0 Å². The molecule has 1 rings (SSSR count). The lowest BCUT2D eigenvalue weighted by Gasteiger charge is -2.18. The van der Waals surface area contributed by atoms with Gasteiger partial charge in [0.2, 0.25) is 0 Å². The van der Waals surface area contributed by atoms with Crippen LogP contribution in [0.5, 0.6) is 0 Å². The quantitative estimate of drug-likeness (QED) is 0.648. The average Bonchev–Trinajstić information content (AvgIpc) is 2.28. The van der Waals surface area contributed by atoms with E-state index in [9.17, 15) is 0 Å². The summed E-state index contributed by atoms with van der Waals surface area (Å²) in [6.45, 7) is 3.52. The monoisotopic (exact) mass is 239 g/mol. The Morgan fingerprint density at radius 3 is 2.75 bits per heavy atom. The third kappa shape index (κ3) is 3.74. The van der Waals surface area contributed by atoms with E-state index >= 15 is 0 Å². The SMILES string of the molecule is CCCN=C(N)N(C)Cc1ccccc1Cl. The smallest absolute Gasteiger partial charge is 0.191 e. The summed E-state index contributed by atoms with van der Waals surface area (Å²) in [5.41, 5.74) is 6.89. The molecule has 0 aromatic heterocycles. The number of benzene rings is 1. The van der Waals surface area contributed by atoms with Crippen molar-refractivity contribution in [3.05, 3.63) is 34.9 Å². The van der Waals surface area contributed by atoms with Crippen molar-refractivity contribution in [1.29, 1.82) is 0 Å². The normalized spacial score (nSPS) is 11.6. The van der Waals surface area contributed by atoms with Gasteiger partial charge in [-0.2, -0.15) is 0 Å². The van der Waals surface area contributed by atoms with Crippen LogP contribution in [0.25, 0.3) is 0 Å². The van der Waals surface area contributed by atoms with Crippen molar-refractivity contribution in [2.45, 2.75) is 19.9 Å². The molecule has 16 heavy (non-hydrogen) atoms. The Labute approximate surface area is 102 Å². The predicted molar refractivity (Wildman–Crippen MR) is 69.7 cm³/mol. The van der Waals surface area contributed by atoms with Crippen LogP contribution in [0.3, 0.4) is 0 Å². The molecule has 1 aromatic rings. The van der Waals surface area contributed by atoms with Crippen molar-refractivity contribution in [1.82, 2.24) is 4.90 Å². The van der Waals surface area contributed by atoms with Crippen LogP contribution in [0.1, 0.15) is 18.9 Å². The van der Waals surface area contributed by atoms with E-state index in [1.54, 1.807) is 0 Å². The fraction of sp³-hybridized carbons (Fsp3) is 0.417. The summed E-state index contributed by atoms with van der Waals surface area (Å²) in [6.07, 6.45) is 1.00. The summed E-state index contributed by atoms with van der Waals surface area (Å²) < 4.78 is 0. The second kappa shape index (κ2) is 6.38. The van der Waals surface area contributed by atoms with Gasteiger partial charge in [-0.3, -0.25) is 4.99 Å². The Kier molecular flexibility index (Phi) is 5.12. The number of aliphatic imine (C=N–C) groups is 1. The topological polar surface area (TPSA) is 41.6 Å². The zero-order valence-electron chi connectivity index (χ0n) is 9.78. The molecule has 0 fully saturated rings. The number of nitrogens with two attached hydrogens (primary N) is 1.